The Bertz CT molecular complexity index is 518. The van der Waals surface area contributed by atoms with Gasteiger partial charge in [0.1, 0.15) is 11.5 Å². The second-order valence-electron chi connectivity index (χ2n) is 5.54. The van der Waals surface area contributed by atoms with Crippen LogP contribution in [0.3, 0.4) is 0 Å². The molecule has 0 saturated carbocycles. The van der Waals surface area contributed by atoms with Gasteiger partial charge in [-0.05, 0) is 26.0 Å². The number of aromatic hydroxyl groups is 2. The summed E-state index contributed by atoms with van der Waals surface area (Å²) in [7, 11) is 0. The molecule has 6 heteroatoms. The van der Waals surface area contributed by atoms with Crippen molar-refractivity contribution in [3.05, 3.63) is 23.8 Å². The fraction of sp³-hybridized carbons (Fsp3) is 0.500. The maximum Gasteiger partial charge on any atom is 0.257 e. The zero-order chi connectivity index (χ0) is 14.9. The molecule has 1 atom stereocenters. The fourth-order valence-electron chi connectivity index (χ4n) is 2.40. The summed E-state index contributed by atoms with van der Waals surface area (Å²) in [5, 5.41) is 19.7. The Hall–Kier alpha value is -1.27. The highest BCUT2D eigenvalue weighted by Crippen LogP contribution is 2.27. The minimum Gasteiger partial charge on any atom is -0.508 e. The van der Waals surface area contributed by atoms with Gasteiger partial charge in [0, 0.05) is 24.5 Å². The van der Waals surface area contributed by atoms with Crippen LogP contribution in [0.15, 0.2) is 18.2 Å². The van der Waals surface area contributed by atoms with E-state index in [4.69, 9.17) is 4.74 Å². The molecule has 5 nitrogen and oxygen atoms in total. The number of ether oxygens (including phenoxy) is 1. The molecule has 0 bridgehead atoms. The van der Waals surface area contributed by atoms with Crippen molar-refractivity contribution in [3.8, 4) is 11.5 Å². The van der Waals surface area contributed by atoms with E-state index in [1.807, 2.05) is 13.8 Å². The van der Waals surface area contributed by atoms with Crippen molar-refractivity contribution in [3.63, 3.8) is 0 Å². The number of phenolic OH excluding ortho intramolecular Hbond substituents is 2. The van der Waals surface area contributed by atoms with Crippen molar-refractivity contribution < 1.29 is 19.7 Å². The number of morpholine rings is 1. The molecule has 1 heterocycles. The normalized spacial score (nSPS) is 21.8. The number of hydrogen-bond acceptors (Lipinski definition) is 4. The maximum absolute atomic E-state index is 12.5. The van der Waals surface area contributed by atoms with Crippen molar-refractivity contribution in [1.82, 2.24) is 4.90 Å². The number of phenols is 2. The van der Waals surface area contributed by atoms with E-state index in [1.165, 1.54) is 18.2 Å². The summed E-state index contributed by atoms with van der Waals surface area (Å²) in [6.07, 6.45) is -0.0815. The summed E-state index contributed by atoms with van der Waals surface area (Å²) >= 11 is 3.37. The minimum absolute atomic E-state index is 0.0697. The van der Waals surface area contributed by atoms with Crippen LogP contribution in [-0.4, -0.2) is 51.1 Å². The van der Waals surface area contributed by atoms with Gasteiger partial charge in [-0.15, -0.1) is 0 Å². The molecule has 0 aliphatic carbocycles. The molecule has 1 unspecified atom stereocenters. The van der Waals surface area contributed by atoms with E-state index in [9.17, 15) is 15.0 Å². The van der Waals surface area contributed by atoms with Crippen LogP contribution < -0.4 is 0 Å². The monoisotopic (exact) mass is 343 g/mol. The Morgan fingerprint density at radius 3 is 2.80 bits per heavy atom. The summed E-state index contributed by atoms with van der Waals surface area (Å²) in [5.41, 5.74) is -0.243. The van der Waals surface area contributed by atoms with Gasteiger partial charge in [-0.3, -0.25) is 4.79 Å². The molecule has 20 heavy (non-hydrogen) atoms. The quantitative estimate of drug-likeness (QED) is 0.807. The first-order chi connectivity index (χ1) is 9.32. The SMILES string of the molecule is CC1(C)CN(C(=O)c2ccc(O)cc2O)CC(CBr)O1. The van der Waals surface area contributed by atoms with Crippen LogP contribution in [0.25, 0.3) is 0 Å². The molecule has 1 aromatic carbocycles. The Balaban J connectivity index is 2.23. The molecule has 1 amide bonds. The predicted molar refractivity (Wildman–Crippen MR) is 78.4 cm³/mol. The maximum atomic E-state index is 12.5. The standard InChI is InChI=1S/C14H18BrNO4/c1-14(2)8-16(7-10(6-15)20-14)13(19)11-4-3-9(17)5-12(11)18/h3-5,10,17-18H,6-8H2,1-2H3. The lowest BCUT2D eigenvalue weighted by Crippen LogP contribution is -2.55. The third-order valence-corrected chi connectivity index (χ3v) is 3.87. The average molecular weight is 344 g/mol. The van der Waals surface area contributed by atoms with Crippen LogP contribution in [-0.2, 0) is 4.74 Å². The molecule has 1 saturated heterocycles. The van der Waals surface area contributed by atoms with Crippen molar-refractivity contribution in [2.24, 2.45) is 0 Å². The van der Waals surface area contributed by atoms with Gasteiger partial charge in [-0.1, -0.05) is 15.9 Å². The summed E-state index contributed by atoms with van der Waals surface area (Å²) in [6, 6.07) is 3.99. The van der Waals surface area contributed by atoms with Gasteiger partial charge < -0.3 is 19.8 Å². The molecule has 0 radical (unpaired) electrons. The van der Waals surface area contributed by atoms with E-state index in [0.717, 1.165) is 0 Å². The lowest BCUT2D eigenvalue weighted by atomic mass is 10.0. The zero-order valence-electron chi connectivity index (χ0n) is 11.5. The van der Waals surface area contributed by atoms with Gasteiger partial charge in [0.15, 0.2) is 0 Å². The number of alkyl halides is 1. The smallest absolute Gasteiger partial charge is 0.257 e. The fourth-order valence-corrected chi connectivity index (χ4v) is 2.74. The van der Waals surface area contributed by atoms with Crippen LogP contribution >= 0.6 is 15.9 Å². The van der Waals surface area contributed by atoms with Gasteiger partial charge in [-0.25, -0.2) is 0 Å². The highest BCUT2D eigenvalue weighted by atomic mass is 79.9. The van der Waals surface area contributed by atoms with Crippen LogP contribution in [0.4, 0.5) is 0 Å². The molecule has 0 aromatic heterocycles. The Morgan fingerprint density at radius 1 is 1.50 bits per heavy atom. The molecule has 2 N–H and O–H groups in total. The third kappa shape index (κ3) is 3.24. The molecule has 2 rings (SSSR count). The molecule has 1 aliphatic rings. The highest BCUT2D eigenvalue weighted by Gasteiger charge is 2.36. The number of amides is 1. The Kier molecular flexibility index (Phi) is 4.25. The molecule has 1 fully saturated rings. The Morgan fingerprint density at radius 2 is 2.20 bits per heavy atom. The van der Waals surface area contributed by atoms with E-state index in [1.54, 1.807) is 4.90 Å². The molecule has 1 aromatic rings. The average Bonchev–Trinajstić information content (AvgIpc) is 2.36. The lowest BCUT2D eigenvalue weighted by Gasteiger charge is -2.42. The van der Waals surface area contributed by atoms with Crippen LogP contribution in [0, 0.1) is 0 Å². The third-order valence-electron chi connectivity index (χ3n) is 3.15. The van der Waals surface area contributed by atoms with E-state index < -0.39 is 5.60 Å². The number of hydrogen-bond donors (Lipinski definition) is 2. The first-order valence-corrected chi connectivity index (χ1v) is 7.49. The van der Waals surface area contributed by atoms with E-state index in [0.29, 0.717) is 18.4 Å². The van der Waals surface area contributed by atoms with Crippen molar-refractivity contribution in [2.75, 3.05) is 18.4 Å². The number of nitrogens with zero attached hydrogens (tertiary/aromatic N) is 1. The lowest BCUT2D eigenvalue weighted by molar-refractivity contribution is -0.116. The number of carbonyl (C=O) groups is 1. The highest BCUT2D eigenvalue weighted by molar-refractivity contribution is 9.09. The second kappa shape index (κ2) is 5.61. The zero-order valence-corrected chi connectivity index (χ0v) is 13.1. The van der Waals surface area contributed by atoms with Crippen molar-refractivity contribution >= 4 is 21.8 Å². The first kappa shape index (κ1) is 15.1. The first-order valence-electron chi connectivity index (χ1n) is 6.37. The molecular weight excluding hydrogens is 326 g/mol. The summed E-state index contributed by atoms with van der Waals surface area (Å²) in [4.78, 5) is 14.2. The van der Waals surface area contributed by atoms with Crippen LogP contribution in [0.2, 0.25) is 0 Å². The van der Waals surface area contributed by atoms with E-state index in [2.05, 4.69) is 15.9 Å². The van der Waals surface area contributed by atoms with Gasteiger partial charge in [0.05, 0.1) is 17.3 Å². The topological polar surface area (TPSA) is 70.0 Å². The number of rotatable bonds is 2. The summed E-state index contributed by atoms with van der Waals surface area (Å²) in [6.45, 7) is 4.78. The molecule has 110 valence electrons. The van der Waals surface area contributed by atoms with Gasteiger partial charge in [0.2, 0.25) is 0 Å². The van der Waals surface area contributed by atoms with E-state index >= 15 is 0 Å². The largest absolute Gasteiger partial charge is 0.508 e. The molecule has 1 aliphatic heterocycles. The number of carbonyl (C=O) groups excluding carboxylic acids is 1. The predicted octanol–water partition coefficient (Wildman–Crippen LogP) is 2.11. The number of benzene rings is 1. The minimum atomic E-state index is -0.432. The molecular formula is C14H18BrNO4. The van der Waals surface area contributed by atoms with Crippen molar-refractivity contribution in [1.29, 1.82) is 0 Å². The van der Waals surface area contributed by atoms with Crippen LogP contribution in [0.1, 0.15) is 24.2 Å². The van der Waals surface area contributed by atoms with Gasteiger partial charge in [-0.2, -0.15) is 0 Å². The Labute approximate surface area is 126 Å². The molecule has 0 spiro atoms. The summed E-state index contributed by atoms with van der Waals surface area (Å²) < 4.78 is 5.85. The van der Waals surface area contributed by atoms with Gasteiger partial charge >= 0.3 is 0 Å². The number of halogens is 1. The van der Waals surface area contributed by atoms with E-state index in [-0.39, 0.29) is 29.1 Å². The summed E-state index contributed by atoms with van der Waals surface area (Å²) in [5.74, 6) is -0.542. The second-order valence-corrected chi connectivity index (χ2v) is 6.19. The van der Waals surface area contributed by atoms with Gasteiger partial charge in [0.25, 0.3) is 5.91 Å². The van der Waals surface area contributed by atoms with Crippen LogP contribution in [0.5, 0.6) is 11.5 Å². The van der Waals surface area contributed by atoms with Crippen molar-refractivity contribution in [2.45, 2.75) is 25.6 Å².